The first-order valence-electron chi connectivity index (χ1n) is 7.09. The van der Waals surface area contributed by atoms with Gasteiger partial charge < -0.3 is 4.90 Å². The number of hydrogen-bond donors (Lipinski definition) is 0. The van der Waals surface area contributed by atoms with E-state index in [2.05, 4.69) is 4.98 Å². The van der Waals surface area contributed by atoms with Crippen LogP contribution in [-0.2, 0) is 11.2 Å². The normalized spacial score (nSPS) is 13.1. The van der Waals surface area contributed by atoms with Gasteiger partial charge in [-0.2, -0.15) is 0 Å². The minimum atomic E-state index is 0.138. The Bertz CT molecular complexity index is 692. The zero-order valence-electron chi connectivity index (χ0n) is 11.9. The molecule has 0 spiro atoms. The number of carbonyl (C=O) groups excluding carboxylic acids is 2. The minimum absolute atomic E-state index is 0.138. The van der Waals surface area contributed by atoms with Crippen LogP contribution in [0, 0.1) is 0 Å². The summed E-state index contributed by atoms with van der Waals surface area (Å²) in [7, 11) is 0. The van der Waals surface area contributed by atoms with Crippen LogP contribution in [-0.4, -0.2) is 23.7 Å². The van der Waals surface area contributed by atoms with E-state index in [1.54, 1.807) is 12.1 Å². The van der Waals surface area contributed by atoms with Gasteiger partial charge in [0.2, 0.25) is 5.91 Å². The van der Waals surface area contributed by atoms with E-state index in [4.69, 9.17) is 0 Å². The van der Waals surface area contributed by atoms with Crippen LogP contribution in [0.1, 0.15) is 29.4 Å². The van der Waals surface area contributed by atoms with Crippen molar-refractivity contribution in [1.82, 2.24) is 4.98 Å². The molecule has 0 aliphatic carbocycles. The monoisotopic (exact) mass is 280 g/mol. The van der Waals surface area contributed by atoms with Gasteiger partial charge in [-0.15, -0.1) is 0 Å². The molecule has 1 aliphatic heterocycles. The lowest BCUT2D eigenvalue weighted by Crippen LogP contribution is -2.27. The molecule has 0 unspecified atom stereocenters. The molecule has 0 saturated heterocycles. The van der Waals surface area contributed by atoms with Crippen molar-refractivity contribution in [3.8, 4) is 11.3 Å². The first kappa shape index (κ1) is 13.5. The summed E-state index contributed by atoms with van der Waals surface area (Å²) in [5.41, 5.74) is 4.39. The molecule has 4 nitrogen and oxygen atoms in total. The number of aromatic nitrogens is 1. The molecular weight excluding hydrogens is 264 g/mol. The number of aldehydes is 1. The predicted molar refractivity (Wildman–Crippen MR) is 81.4 cm³/mol. The molecule has 106 valence electrons. The van der Waals surface area contributed by atoms with Crippen LogP contribution in [0.25, 0.3) is 11.3 Å². The van der Waals surface area contributed by atoms with Gasteiger partial charge in [0.05, 0.1) is 17.1 Å². The average molecular weight is 280 g/mol. The number of benzene rings is 1. The zero-order valence-corrected chi connectivity index (χ0v) is 11.9. The van der Waals surface area contributed by atoms with Gasteiger partial charge >= 0.3 is 0 Å². The lowest BCUT2D eigenvalue weighted by Gasteiger charge is -2.16. The minimum Gasteiger partial charge on any atom is -0.310 e. The van der Waals surface area contributed by atoms with Gasteiger partial charge in [0, 0.05) is 30.5 Å². The summed E-state index contributed by atoms with van der Waals surface area (Å²) in [5.74, 6) is 0.138. The molecule has 21 heavy (non-hydrogen) atoms. The highest BCUT2D eigenvalue weighted by Crippen LogP contribution is 2.30. The van der Waals surface area contributed by atoms with E-state index >= 15 is 0 Å². The summed E-state index contributed by atoms with van der Waals surface area (Å²) in [6, 6.07) is 11.2. The Morgan fingerprint density at radius 1 is 1.24 bits per heavy atom. The van der Waals surface area contributed by atoms with Crippen molar-refractivity contribution in [2.75, 3.05) is 11.4 Å². The first-order chi connectivity index (χ1) is 10.2. The second kappa shape index (κ2) is 5.48. The maximum atomic E-state index is 11.9. The Labute approximate surface area is 123 Å². The molecule has 0 radical (unpaired) electrons. The quantitative estimate of drug-likeness (QED) is 0.812. The fourth-order valence-corrected chi connectivity index (χ4v) is 2.61. The molecule has 1 aromatic carbocycles. The summed E-state index contributed by atoms with van der Waals surface area (Å²) >= 11 is 0. The molecule has 0 fully saturated rings. The number of anilines is 1. The third kappa shape index (κ3) is 2.44. The second-order valence-electron chi connectivity index (χ2n) is 5.05. The molecule has 4 heteroatoms. The fourth-order valence-electron chi connectivity index (χ4n) is 2.61. The third-order valence-corrected chi connectivity index (χ3v) is 3.76. The Kier molecular flexibility index (Phi) is 3.52. The molecule has 1 amide bonds. The van der Waals surface area contributed by atoms with Crippen LogP contribution in [0.4, 0.5) is 5.69 Å². The van der Waals surface area contributed by atoms with Gasteiger partial charge in [0.1, 0.15) is 6.29 Å². The smallest absolute Gasteiger partial charge is 0.226 e. The maximum absolute atomic E-state index is 11.9. The van der Waals surface area contributed by atoms with Gasteiger partial charge in [-0.25, -0.2) is 0 Å². The fraction of sp³-hybridized carbons (Fsp3) is 0.235. The lowest BCUT2D eigenvalue weighted by atomic mass is 10.1. The first-order valence-corrected chi connectivity index (χ1v) is 7.09. The lowest BCUT2D eigenvalue weighted by molar-refractivity contribution is -0.118. The van der Waals surface area contributed by atoms with Gasteiger partial charge in [-0.1, -0.05) is 31.2 Å². The van der Waals surface area contributed by atoms with Gasteiger partial charge in [-0.3, -0.25) is 14.6 Å². The number of carbonyl (C=O) groups is 2. The highest BCUT2D eigenvalue weighted by atomic mass is 16.2. The molecule has 2 heterocycles. The van der Waals surface area contributed by atoms with Crippen molar-refractivity contribution in [2.45, 2.75) is 19.8 Å². The molecule has 1 aliphatic rings. The Balaban J connectivity index is 1.93. The van der Waals surface area contributed by atoms with E-state index < -0.39 is 0 Å². The van der Waals surface area contributed by atoms with Gasteiger partial charge in [-0.05, 0) is 12.1 Å². The maximum Gasteiger partial charge on any atom is 0.226 e. The Morgan fingerprint density at radius 2 is 2.00 bits per heavy atom. The van der Waals surface area contributed by atoms with Crippen LogP contribution < -0.4 is 4.90 Å². The largest absolute Gasteiger partial charge is 0.310 e. The van der Waals surface area contributed by atoms with E-state index in [0.29, 0.717) is 18.5 Å². The Morgan fingerprint density at radius 3 is 2.67 bits per heavy atom. The number of rotatable bonds is 3. The molecular formula is C17H16N2O2. The number of fused-ring (bicyclic) bond motifs is 1. The highest BCUT2D eigenvalue weighted by molar-refractivity contribution is 5.95. The number of amides is 1. The van der Waals surface area contributed by atoms with Crippen molar-refractivity contribution >= 4 is 17.9 Å². The van der Waals surface area contributed by atoms with Crippen LogP contribution in [0.5, 0.6) is 0 Å². The van der Waals surface area contributed by atoms with Crippen molar-refractivity contribution in [3.63, 3.8) is 0 Å². The third-order valence-electron chi connectivity index (χ3n) is 3.76. The van der Waals surface area contributed by atoms with Crippen LogP contribution in [0.2, 0.25) is 0 Å². The van der Waals surface area contributed by atoms with Crippen LogP contribution >= 0.6 is 0 Å². The summed E-state index contributed by atoms with van der Waals surface area (Å²) in [5, 5.41) is 0. The van der Waals surface area contributed by atoms with E-state index in [1.165, 1.54) is 0 Å². The SMILES string of the molecule is CCC(=O)N1CCc2nc(-c3ccc(C=O)cc3)ccc21. The topological polar surface area (TPSA) is 50.3 Å². The van der Waals surface area contributed by atoms with Crippen molar-refractivity contribution in [1.29, 1.82) is 0 Å². The summed E-state index contributed by atoms with van der Waals surface area (Å²) < 4.78 is 0. The highest BCUT2D eigenvalue weighted by Gasteiger charge is 2.24. The summed E-state index contributed by atoms with van der Waals surface area (Å²) in [4.78, 5) is 29.0. The van der Waals surface area contributed by atoms with Crippen molar-refractivity contribution < 1.29 is 9.59 Å². The zero-order chi connectivity index (χ0) is 14.8. The van der Waals surface area contributed by atoms with Gasteiger partial charge in [0.25, 0.3) is 0 Å². The van der Waals surface area contributed by atoms with Gasteiger partial charge in [0.15, 0.2) is 0 Å². The summed E-state index contributed by atoms with van der Waals surface area (Å²) in [6.45, 7) is 2.58. The van der Waals surface area contributed by atoms with E-state index in [0.717, 1.165) is 35.3 Å². The van der Waals surface area contributed by atoms with Crippen LogP contribution in [0.3, 0.4) is 0 Å². The van der Waals surface area contributed by atoms with E-state index in [1.807, 2.05) is 36.1 Å². The van der Waals surface area contributed by atoms with E-state index in [-0.39, 0.29) is 5.91 Å². The second-order valence-corrected chi connectivity index (χ2v) is 5.05. The molecule has 0 N–H and O–H groups in total. The number of nitrogens with zero attached hydrogens (tertiary/aromatic N) is 2. The molecule has 3 rings (SSSR count). The number of hydrogen-bond acceptors (Lipinski definition) is 3. The Hall–Kier alpha value is -2.49. The van der Waals surface area contributed by atoms with E-state index in [9.17, 15) is 9.59 Å². The molecule has 0 atom stereocenters. The van der Waals surface area contributed by atoms with Crippen molar-refractivity contribution in [2.24, 2.45) is 0 Å². The van der Waals surface area contributed by atoms with Crippen LogP contribution in [0.15, 0.2) is 36.4 Å². The predicted octanol–water partition coefficient (Wildman–Crippen LogP) is 2.86. The number of pyridine rings is 1. The summed E-state index contributed by atoms with van der Waals surface area (Å²) in [6.07, 6.45) is 2.13. The standard InChI is InChI=1S/C17H16N2O2/c1-2-17(21)19-10-9-15-16(19)8-7-14(18-15)13-5-3-12(11-20)4-6-13/h3-8,11H,2,9-10H2,1H3. The molecule has 0 bridgehead atoms. The molecule has 2 aromatic rings. The molecule has 1 aromatic heterocycles. The molecule has 0 saturated carbocycles. The average Bonchev–Trinajstić information content (AvgIpc) is 2.97. The van der Waals surface area contributed by atoms with Crippen molar-refractivity contribution in [3.05, 3.63) is 47.7 Å².